The minimum atomic E-state index is -0.596. The molecule has 1 aliphatic heterocycles. The van der Waals surface area contributed by atoms with Crippen LogP contribution in [0.25, 0.3) is 0 Å². The van der Waals surface area contributed by atoms with E-state index in [1.807, 2.05) is 25.7 Å². The van der Waals surface area contributed by atoms with Gasteiger partial charge in [0.25, 0.3) is 5.69 Å². The second-order valence-corrected chi connectivity index (χ2v) is 5.49. The number of nitrogens with zero attached hydrogens (tertiary/aromatic N) is 2. The highest BCUT2D eigenvalue weighted by Crippen LogP contribution is 2.29. The molecule has 19 heavy (non-hydrogen) atoms. The van der Waals surface area contributed by atoms with Crippen LogP contribution in [-0.4, -0.2) is 29.7 Å². The topological polar surface area (TPSA) is 55.6 Å². The SMILES string of the molecule is CC1CN(c2cc(F)cc([N+](=O)[O-])c2)CC(C)(C)O1. The Kier molecular flexibility index (Phi) is 3.45. The number of hydrogen-bond acceptors (Lipinski definition) is 4. The monoisotopic (exact) mass is 268 g/mol. The van der Waals surface area contributed by atoms with Gasteiger partial charge in [-0.15, -0.1) is 0 Å². The number of hydrogen-bond donors (Lipinski definition) is 0. The minimum absolute atomic E-state index is 0.00827. The van der Waals surface area contributed by atoms with Gasteiger partial charge in [0.2, 0.25) is 0 Å². The molecule has 0 radical (unpaired) electrons. The number of morpholine rings is 1. The largest absolute Gasteiger partial charge is 0.369 e. The van der Waals surface area contributed by atoms with Crippen LogP contribution in [0.3, 0.4) is 0 Å². The zero-order valence-electron chi connectivity index (χ0n) is 11.2. The fourth-order valence-electron chi connectivity index (χ4n) is 2.50. The molecule has 5 nitrogen and oxygen atoms in total. The predicted octanol–water partition coefficient (Wildman–Crippen LogP) is 2.74. The number of anilines is 1. The quantitative estimate of drug-likeness (QED) is 0.611. The van der Waals surface area contributed by atoms with E-state index in [9.17, 15) is 14.5 Å². The molecule has 0 bridgehead atoms. The van der Waals surface area contributed by atoms with Gasteiger partial charge >= 0.3 is 0 Å². The molecule has 0 saturated carbocycles. The number of benzene rings is 1. The first-order valence-electron chi connectivity index (χ1n) is 6.14. The van der Waals surface area contributed by atoms with Crippen LogP contribution in [0.15, 0.2) is 18.2 Å². The summed E-state index contributed by atoms with van der Waals surface area (Å²) in [6, 6.07) is 3.65. The fourth-order valence-corrected chi connectivity index (χ4v) is 2.50. The predicted molar refractivity (Wildman–Crippen MR) is 69.9 cm³/mol. The van der Waals surface area contributed by atoms with E-state index < -0.39 is 10.7 Å². The number of nitro groups is 1. The van der Waals surface area contributed by atoms with Crippen LogP contribution in [0, 0.1) is 15.9 Å². The van der Waals surface area contributed by atoms with Gasteiger partial charge in [-0.3, -0.25) is 10.1 Å². The maximum absolute atomic E-state index is 13.5. The summed E-state index contributed by atoms with van der Waals surface area (Å²) < 4.78 is 19.2. The molecule has 104 valence electrons. The van der Waals surface area contributed by atoms with Gasteiger partial charge in [-0.25, -0.2) is 4.39 Å². The van der Waals surface area contributed by atoms with Gasteiger partial charge in [0, 0.05) is 24.8 Å². The van der Waals surface area contributed by atoms with Crippen molar-refractivity contribution in [1.82, 2.24) is 0 Å². The zero-order chi connectivity index (χ0) is 14.2. The van der Waals surface area contributed by atoms with E-state index in [0.29, 0.717) is 18.8 Å². The summed E-state index contributed by atoms with van der Waals surface area (Å²) in [7, 11) is 0. The van der Waals surface area contributed by atoms with E-state index in [4.69, 9.17) is 4.74 Å². The van der Waals surface area contributed by atoms with Crippen molar-refractivity contribution in [2.75, 3.05) is 18.0 Å². The summed E-state index contributed by atoms with van der Waals surface area (Å²) in [5.74, 6) is -0.596. The summed E-state index contributed by atoms with van der Waals surface area (Å²) in [5.41, 5.74) is -0.0689. The first kappa shape index (κ1) is 13.7. The zero-order valence-corrected chi connectivity index (χ0v) is 11.2. The van der Waals surface area contributed by atoms with Crippen LogP contribution in [0.2, 0.25) is 0 Å². The van der Waals surface area contributed by atoms with Crippen LogP contribution in [-0.2, 0) is 4.74 Å². The maximum atomic E-state index is 13.5. The summed E-state index contributed by atoms with van der Waals surface area (Å²) >= 11 is 0. The van der Waals surface area contributed by atoms with Crippen molar-refractivity contribution < 1.29 is 14.1 Å². The molecule has 1 aliphatic rings. The summed E-state index contributed by atoms with van der Waals surface area (Å²) in [4.78, 5) is 12.1. The molecule has 0 N–H and O–H groups in total. The lowest BCUT2D eigenvalue weighted by Gasteiger charge is -2.42. The molecule has 1 saturated heterocycles. The average Bonchev–Trinajstić information content (AvgIpc) is 2.25. The summed E-state index contributed by atoms with van der Waals surface area (Å²) in [6.07, 6.45) is -0.00827. The number of nitro benzene ring substituents is 1. The molecule has 1 aromatic carbocycles. The second kappa shape index (κ2) is 4.77. The van der Waals surface area contributed by atoms with E-state index in [1.165, 1.54) is 12.1 Å². The highest BCUT2D eigenvalue weighted by Gasteiger charge is 2.32. The van der Waals surface area contributed by atoms with Gasteiger partial charge in [-0.2, -0.15) is 0 Å². The van der Waals surface area contributed by atoms with Crippen LogP contribution in [0.5, 0.6) is 0 Å². The molecule has 0 aliphatic carbocycles. The van der Waals surface area contributed by atoms with E-state index in [0.717, 1.165) is 6.07 Å². The highest BCUT2D eigenvalue weighted by atomic mass is 19.1. The Balaban J connectivity index is 2.33. The lowest BCUT2D eigenvalue weighted by molar-refractivity contribution is -0.385. The van der Waals surface area contributed by atoms with E-state index >= 15 is 0 Å². The Labute approximate surface area is 111 Å². The summed E-state index contributed by atoms with van der Waals surface area (Å²) in [5, 5.41) is 10.8. The first-order valence-corrected chi connectivity index (χ1v) is 6.14. The first-order chi connectivity index (χ1) is 8.77. The standard InChI is InChI=1S/C13H17FN2O3/c1-9-7-15(8-13(2,3)19-9)11-4-10(14)5-12(6-11)16(17)18/h4-6,9H,7-8H2,1-3H3. The van der Waals surface area contributed by atoms with Crippen molar-refractivity contribution in [2.24, 2.45) is 0 Å². The van der Waals surface area contributed by atoms with Crippen molar-refractivity contribution in [2.45, 2.75) is 32.5 Å². The van der Waals surface area contributed by atoms with E-state index in [1.54, 1.807) is 0 Å². The van der Waals surface area contributed by atoms with Gasteiger partial charge in [-0.05, 0) is 26.8 Å². The molecular weight excluding hydrogens is 251 g/mol. The number of non-ortho nitro benzene ring substituents is 1. The molecule has 0 amide bonds. The van der Waals surface area contributed by atoms with Crippen LogP contribution >= 0.6 is 0 Å². The Morgan fingerprint density at radius 3 is 2.74 bits per heavy atom. The van der Waals surface area contributed by atoms with Crippen molar-refractivity contribution in [3.05, 3.63) is 34.1 Å². The normalized spacial score (nSPS) is 22.3. The number of halogens is 1. The van der Waals surface area contributed by atoms with Crippen LogP contribution < -0.4 is 4.90 Å². The van der Waals surface area contributed by atoms with Gasteiger partial charge in [0.05, 0.1) is 22.7 Å². The highest BCUT2D eigenvalue weighted by molar-refractivity contribution is 5.54. The third kappa shape index (κ3) is 3.20. The molecule has 0 spiro atoms. The third-order valence-electron chi connectivity index (χ3n) is 3.01. The molecule has 0 aromatic heterocycles. The Hall–Kier alpha value is -1.69. The number of rotatable bonds is 2. The molecule has 1 fully saturated rings. The molecular formula is C13H17FN2O3. The minimum Gasteiger partial charge on any atom is -0.369 e. The Morgan fingerprint density at radius 1 is 1.47 bits per heavy atom. The van der Waals surface area contributed by atoms with Gasteiger partial charge in [-0.1, -0.05) is 0 Å². The van der Waals surface area contributed by atoms with E-state index in [-0.39, 0.29) is 17.4 Å². The molecule has 1 unspecified atom stereocenters. The van der Waals surface area contributed by atoms with Crippen LogP contribution in [0.1, 0.15) is 20.8 Å². The maximum Gasteiger partial charge on any atom is 0.274 e. The third-order valence-corrected chi connectivity index (χ3v) is 3.01. The van der Waals surface area contributed by atoms with Gasteiger partial charge in [0.15, 0.2) is 0 Å². The summed E-state index contributed by atoms with van der Waals surface area (Å²) in [6.45, 7) is 6.98. The van der Waals surface area contributed by atoms with Crippen molar-refractivity contribution in [3.63, 3.8) is 0 Å². The smallest absolute Gasteiger partial charge is 0.274 e. The van der Waals surface area contributed by atoms with E-state index in [2.05, 4.69) is 0 Å². The van der Waals surface area contributed by atoms with Crippen LogP contribution in [0.4, 0.5) is 15.8 Å². The molecule has 1 aromatic rings. The molecule has 1 atom stereocenters. The van der Waals surface area contributed by atoms with Crippen molar-refractivity contribution >= 4 is 11.4 Å². The van der Waals surface area contributed by atoms with Gasteiger partial charge in [0.1, 0.15) is 5.82 Å². The fraction of sp³-hybridized carbons (Fsp3) is 0.538. The van der Waals surface area contributed by atoms with Crippen molar-refractivity contribution in [3.8, 4) is 0 Å². The molecule has 1 heterocycles. The molecule has 2 rings (SSSR count). The van der Waals surface area contributed by atoms with Gasteiger partial charge < -0.3 is 9.64 Å². The average molecular weight is 268 g/mol. The second-order valence-electron chi connectivity index (χ2n) is 5.49. The Morgan fingerprint density at radius 2 is 2.16 bits per heavy atom. The Bertz CT molecular complexity index is 505. The van der Waals surface area contributed by atoms with Crippen molar-refractivity contribution in [1.29, 1.82) is 0 Å². The number of ether oxygens (including phenoxy) is 1. The molecule has 6 heteroatoms. The lowest BCUT2D eigenvalue weighted by Crippen LogP contribution is -2.52. The lowest BCUT2D eigenvalue weighted by atomic mass is 10.0.